The molecule has 2 rings (SSSR count). The van der Waals surface area contributed by atoms with E-state index < -0.39 is 0 Å². The van der Waals surface area contributed by atoms with Gasteiger partial charge in [0.25, 0.3) is 0 Å². The van der Waals surface area contributed by atoms with Crippen LogP contribution in [0.4, 0.5) is 0 Å². The van der Waals surface area contributed by atoms with Crippen LogP contribution >= 0.6 is 27.3 Å². The van der Waals surface area contributed by atoms with Crippen molar-refractivity contribution in [1.82, 2.24) is 5.32 Å². The SMILES string of the molecule is CCNC(c1cc(C)c(OC)c(C)c1)c1cc(C)c(Br)s1. The summed E-state index contributed by atoms with van der Waals surface area (Å²) in [7, 11) is 1.73. The monoisotopic (exact) mass is 367 g/mol. The molecule has 0 aliphatic heterocycles. The molecule has 0 aliphatic rings. The summed E-state index contributed by atoms with van der Waals surface area (Å²) in [6.07, 6.45) is 0. The molecule has 1 unspecified atom stereocenters. The van der Waals surface area contributed by atoms with Crippen LogP contribution in [0.15, 0.2) is 22.0 Å². The minimum atomic E-state index is 0.230. The Kier molecular flexibility index (Phi) is 5.47. The van der Waals surface area contributed by atoms with Gasteiger partial charge in [-0.15, -0.1) is 11.3 Å². The Balaban J connectivity index is 2.48. The fraction of sp³-hybridized carbons (Fsp3) is 0.412. The number of thiophene rings is 1. The van der Waals surface area contributed by atoms with Gasteiger partial charge in [0, 0.05) is 4.88 Å². The molecule has 0 saturated carbocycles. The second-order valence-corrected chi connectivity index (χ2v) is 7.69. The van der Waals surface area contributed by atoms with Crippen LogP contribution in [0.5, 0.6) is 5.75 Å². The zero-order chi connectivity index (χ0) is 15.6. The van der Waals surface area contributed by atoms with Gasteiger partial charge in [0.05, 0.1) is 16.9 Å². The lowest BCUT2D eigenvalue weighted by molar-refractivity contribution is 0.408. The van der Waals surface area contributed by atoms with Crippen molar-refractivity contribution in [1.29, 1.82) is 0 Å². The lowest BCUT2D eigenvalue weighted by Crippen LogP contribution is -2.21. The summed E-state index contributed by atoms with van der Waals surface area (Å²) in [5, 5.41) is 3.60. The van der Waals surface area contributed by atoms with Crippen LogP contribution in [-0.2, 0) is 0 Å². The molecule has 0 spiro atoms. The molecule has 0 saturated heterocycles. The number of ether oxygens (including phenoxy) is 1. The van der Waals surface area contributed by atoms with Gasteiger partial charge in [0.1, 0.15) is 5.75 Å². The molecule has 1 aromatic carbocycles. The zero-order valence-electron chi connectivity index (χ0n) is 13.2. The molecule has 0 aliphatic carbocycles. The van der Waals surface area contributed by atoms with Gasteiger partial charge in [0.2, 0.25) is 0 Å². The van der Waals surface area contributed by atoms with E-state index in [1.807, 2.05) is 0 Å². The number of aryl methyl sites for hydroxylation is 3. The number of rotatable bonds is 5. The zero-order valence-corrected chi connectivity index (χ0v) is 15.6. The van der Waals surface area contributed by atoms with Crippen LogP contribution in [0.25, 0.3) is 0 Å². The Labute approximate surface area is 139 Å². The maximum Gasteiger partial charge on any atom is 0.124 e. The summed E-state index contributed by atoms with van der Waals surface area (Å²) in [5.41, 5.74) is 4.95. The molecule has 1 heterocycles. The van der Waals surface area contributed by atoms with E-state index in [2.05, 4.69) is 67.1 Å². The molecular formula is C17H22BrNOS. The Hall–Kier alpha value is -0.840. The van der Waals surface area contributed by atoms with Crippen LogP contribution in [0.1, 0.15) is 40.1 Å². The van der Waals surface area contributed by atoms with E-state index in [0.29, 0.717) is 0 Å². The minimum absolute atomic E-state index is 0.230. The number of methoxy groups -OCH3 is 1. The Morgan fingerprint density at radius 2 is 1.76 bits per heavy atom. The van der Waals surface area contributed by atoms with Gasteiger partial charge >= 0.3 is 0 Å². The second-order valence-electron chi connectivity index (χ2n) is 5.28. The first-order valence-corrected chi connectivity index (χ1v) is 8.73. The van der Waals surface area contributed by atoms with E-state index in [-0.39, 0.29) is 6.04 Å². The first-order chi connectivity index (χ1) is 9.97. The molecule has 1 N–H and O–H groups in total. The third kappa shape index (κ3) is 3.50. The summed E-state index contributed by atoms with van der Waals surface area (Å²) in [5.74, 6) is 0.984. The third-order valence-electron chi connectivity index (χ3n) is 3.59. The maximum absolute atomic E-state index is 5.47. The van der Waals surface area contributed by atoms with Crippen molar-refractivity contribution in [3.05, 3.63) is 49.1 Å². The summed E-state index contributed by atoms with van der Waals surface area (Å²) >= 11 is 5.43. The van der Waals surface area contributed by atoms with E-state index in [4.69, 9.17) is 4.74 Å². The fourth-order valence-electron chi connectivity index (χ4n) is 2.69. The number of benzene rings is 1. The van der Waals surface area contributed by atoms with Gasteiger partial charge in [-0.25, -0.2) is 0 Å². The van der Waals surface area contributed by atoms with E-state index in [1.165, 1.54) is 30.9 Å². The van der Waals surface area contributed by atoms with Crippen molar-refractivity contribution >= 4 is 27.3 Å². The molecule has 4 heteroatoms. The number of halogens is 1. The molecule has 0 bridgehead atoms. The van der Waals surface area contributed by atoms with Gasteiger partial charge < -0.3 is 10.1 Å². The Morgan fingerprint density at radius 3 is 2.19 bits per heavy atom. The fourth-order valence-corrected chi connectivity index (χ4v) is 4.36. The van der Waals surface area contributed by atoms with E-state index in [0.717, 1.165) is 12.3 Å². The van der Waals surface area contributed by atoms with Gasteiger partial charge in [-0.3, -0.25) is 0 Å². The van der Waals surface area contributed by atoms with Crippen LogP contribution in [0.2, 0.25) is 0 Å². The predicted molar refractivity (Wildman–Crippen MR) is 94.7 cm³/mol. The summed E-state index contributed by atoms with van der Waals surface area (Å²) in [6.45, 7) is 9.43. The number of nitrogens with one attached hydrogen (secondary N) is 1. The number of hydrogen-bond acceptors (Lipinski definition) is 3. The molecule has 1 atom stereocenters. The average Bonchev–Trinajstić information content (AvgIpc) is 2.75. The standard InChI is InChI=1S/C17H22BrNOS/c1-6-19-15(14-9-12(4)17(18)21-14)13-7-10(2)16(20-5)11(3)8-13/h7-9,15,19H,6H2,1-5H3. The highest BCUT2D eigenvalue weighted by Crippen LogP contribution is 2.36. The first kappa shape index (κ1) is 16.5. The Bertz CT molecular complexity index is 593. The van der Waals surface area contributed by atoms with Gasteiger partial charge in [-0.05, 0) is 71.6 Å². The number of hydrogen-bond donors (Lipinski definition) is 1. The molecule has 0 radical (unpaired) electrons. The molecule has 1 aromatic heterocycles. The average molecular weight is 368 g/mol. The largest absolute Gasteiger partial charge is 0.496 e. The van der Waals surface area contributed by atoms with Gasteiger partial charge in [0.15, 0.2) is 0 Å². The predicted octanol–water partition coefficient (Wildman–Crippen LogP) is 5.14. The molecule has 2 aromatic rings. The van der Waals surface area contributed by atoms with Gasteiger partial charge in [-0.2, -0.15) is 0 Å². The molecule has 0 amide bonds. The quantitative estimate of drug-likeness (QED) is 0.789. The minimum Gasteiger partial charge on any atom is -0.496 e. The molecular weight excluding hydrogens is 346 g/mol. The maximum atomic E-state index is 5.47. The molecule has 0 fully saturated rings. The van der Waals surface area contributed by atoms with Crippen molar-refractivity contribution < 1.29 is 4.74 Å². The summed E-state index contributed by atoms with van der Waals surface area (Å²) in [4.78, 5) is 1.34. The van der Waals surface area contributed by atoms with Crippen LogP contribution in [0.3, 0.4) is 0 Å². The van der Waals surface area contributed by atoms with Crippen molar-refractivity contribution in [3.63, 3.8) is 0 Å². The lowest BCUT2D eigenvalue weighted by atomic mass is 9.99. The van der Waals surface area contributed by atoms with Crippen LogP contribution < -0.4 is 10.1 Å². The summed E-state index contributed by atoms with van der Waals surface area (Å²) in [6, 6.07) is 6.94. The highest BCUT2D eigenvalue weighted by Gasteiger charge is 2.18. The topological polar surface area (TPSA) is 21.3 Å². The summed E-state index contributed by atoms with van der Waals surface area (Å²) < 4.78 is 6.68. The molecule has 21 heavy (non-hydrogen) atoms. The smallest absolute Gasteiger partial charge is 0.124 e. The first-order valence-electron chi connectivity index (χ1n) is 7.12. The van der Waals surface area contributed by atoms with E-state index >= 15 is 0 Å². The van der Waals surface area contributed by atoms with Crippen molar-refractivity contribution in [3.8, 4) is 5.75 Å². The molecule has 114 valence electrons. The molecule has 2 nitrogen and oxygen atoms in total. The second kappa shape index (κ2) is 6.95. The van der Waals surface area contributed by atoms with Crippen LogP contribution in [0, 0.1) is 20.8 Å². The van der Waals surface area contributed by atoms with Crippen LogP contribution in [-0.4, -0.2) is 13.7 Å². The normalized spacial score (nSPS) is 12.5. The highest BCUT2D eigenvalue weighted by atomic mass is 79.9. The lowest BCUT2D eigenvalue weighted by Gasteiger charge is -2.20. The Morgan fingerprint density at radius 1 is 1.14 bits per heavy atom. The third-order valence-corrected chi connectivity index (χ3v) is 5.79. The van der Waals surface area contributed by atoms with Crippen molar-refractivity contribution in [2.45, 2.75) is 33.7 Å². The van der Waals surface area contributed by atoms with E-state index in [1.54, 1.807) is 18.4 Å². The van der Waals surface area contributed by atoms with Gasteiger partial charge in [-0.1, -0.05) is 19.1 Å². The van der Waals surface area contributed by atoms with Crippen molar-refractivity contribution in [2.75, 3.05) is 13.7 Å². The highest BCUT2D eigenvalue weighted by molar-refractivity contribution is 9.11. The van der Waals surface area contributed by atoms with E-state index in [9.17, 15) is 0 Å². The van der Waals surface area contributed by atoms with Crippen molar-refractivity contribution in [2.24, 2.45) is 0 Å².